The lowest BCUT2D eigenvalue weighted by Crippen LogP contribution is -2.01. The Hall–Kier alpha value is -1.25. The van der Waals surface area contributed by atoms with Gasteiger partial charge in [-0.25, -0.2) is 0 Å². The van der Waals surface area contributed by atoms with Gasteiger partial charge in [0.25, 0.3) is 0 Å². The maximum atomic E-state index is 8.66. The first-order valence-corrected chi connectivity index (χ1v) is 13.3. The van der Waals surface area contributed by atoms with Crippen LogP contribution in [0.15, 0.2) is 60.7 Å². The molecule has 0 spiro atoms. The topological polar surface area (TPSA) is 49.7 Å². The van der Waals surface area contributed by atoms with Crippen molar-refractivity contribution in [1.29, 1.82) is 0 Å². The van der Waals surface area contributed by atoms with Gasteiger partial charge in [0.05, 0.1) is 6.61 Å². The molecule has 0 aliphatic carbocycles. The Morgan fingerprint density at radius 1 is 0.548 bits per heavy atom. The number of hydrogen-bond donors (Lipinski definition) is 2. The van der Waals surface area contributed by atoms with E-state index in [1.54, 1.807) is 0 Å². The van der Waals surface area contributed by atoms with E-state index in [1.165, 1.54) is 81.8 Å². The summed E-state index contributed by atoms with van der Waals surface area (Å²) in [7, 11) is -2.17. The highest BCUT2D eigenvalue weighted by atomic mass is 31.2. The molecule has 0 saturated heterocycles. The smallest absolute Gasteiger partial charge is 0.327 e. The van der Waals surface area contributed by atoms with Gasteiger partial charge >= 0.3 is 8.60 Å². The second-order valence-corrected chi connectivity index (χ2v) is 9.25. The van der Waals surface area contributed by atoms with E-state index in [1.807, 2.05) is 0 Å². The number of hydrogen-bond acceptors (Lipinski definition) is 3. The molecular weight excluding hydrogens is 403 g/mol. The lowest BCUT2D eigenvalue weighted by atomic mass is 9.87. The fraction of sp³-hybridized carbons (Fsp3) is 0.556. The van der Waals surface area contributed by atoms with Crippen LogP contribution in [0.5, 0.6) is 0 Å². The Balaban J connectivity index is 1.47. The first-order chi connectivity index (χ1) is 15.3. The van der Waals surface area contributed by atoms with E-state index < -0.39 is 8.60 Å². The van der Waals surface area contributed by atoms with Gasteiger partial charge < -0.3 is 14.3 Å². The summed E-state index contributed by atoms with van der Waals surface area (Å²) in [4.78, 5) is 17.3. The van der Waals surface area contributed by atoms with Crippen molar-refractivity contribution in [2.45, 2.75) is 89.4 Å². The molecular formula is C27H41O3P. The van der Waals surface area contributed by atoms with Gasteiger partial charge in [-0.3, -0.25) is 0 Å². The van der Waals surface area contributed by atoms with Gasteiger partial charge in [-0.1, -0.05) is 131 Å². The molecule has 0 aliphatic rings. The van der Waals surface area contributed by atoms with Crippen LogP contribution in [0.3, 0.4) is 0 Å². The minimum Gasteiger partial charge on any atom is -0.328 e. The molecule has 0 heterocycles. The molecule has 0 fully saturated rings. The Morgan fingerprint density at radius 2 is 0.935 bits per heavy atom. The summed E-state index contributed by atoms with van der Waals surface area (Å²) >= 11 is 0. The molecule has 31 heavy (non-hydrogen) atoms. The molecule has 0 saturated carbocycles. The number of rotatable bonds is 18. The molecule has 3 nitrogen and oxygen atoms in total. The Kier molecular flexibility index (Phi) is 14.5. The van der Waals surface area contributed by atoms with Gasteiger partial charge in [0, 0.05) is 5.92 Å². The molecule has 2 rings (SSSR count). The Bertz CT molecular complexity index is 609. The molecule has 2 N–H and O–H groups in total. The van der Waals surface area contributed by atoms with Crippen molar-refractivity contribution >= 4 is 8.60 Å². The predicted molar refractivity (Wildman–Crippen MR) is 132 cm³/mol. The van der Waals surface area contributed by atoms with Gasteiger partial charge in [0.2, 0.25) is 0 Å². The van der Waals surface area contributed by atoms with Crippen LogP contribution < -0.4 is 0 Å². The van der Waals surface area contributed by atoms with Crippen molar-refractivity contribution in [3.05, 3.63) is 71.8 Å². The molecule has 0 aromatic heterocycles. The van der Waals surface area contributed by atoms with Crippen LogP contribution in [0.25, 0.3) is 0 Å². The van der Waals surface area contributed by atoms with Crippen LogP contribution in [0, 0.1) is 0 Å². The van der Waals surface area contributed by atoms with E-state index in [2.05, 4.69) is 60.7 Å². The third-order valence-electron chi connectivity index (χ3n) is 6.00. The fourth-order valence-electron chi connectivity index (χ4n) is 4.26. The van der Waals surface area contributed by atoms with Crippen LogP contribution in [0.1, 0.15) is 101 Å². The zero-order chi connectivity index (χ0) is 22.0. The predicted octanol–water partition coefficient (Wildman–Crippen LogP) is 8.12. The van der Waals surface area contributed by atoms with E-state index in [4.69, 9.17) is 14.3 Å². The monoisotopic (exact) mass is 444 g/mol. The molecule has 172 valence electrons. The van der Waals surface area contributed by atoms with E-state index in [-0.39, 0.29) is 0 Å². The highest BCUT2D eigenvalue weighted by Crippen LogP contribution is 2.30. The summed E-state index contributed by atoms with van der Waals surface area (Å²) in [6.07, 6.45) is 16.5. The van der Waals surface area contributed by atoms with Gasteiger partial charge in [-0.05, 0) is 24.0 Å². The van der Waals surface area contributed by atoms with Gasteiger partial charge in [-0.2, -0.15) is 0 Å². The summed E-state index contributed by atoms with van der Waals surface area (Å²) in [6, 6.07) is 21.9. The summed E-state index contributed by atoms with van der Waals surface area (Å²) in [5, 5.41) is 0. The van der Waals surface area contributed by atoms with Crippen LogP contribution in [-0.2, 0) is 4.52 Å². The minimum atomic E-state index is -2.17. The maximum absolute atomic E-state index is 8.66. The highest BCUT2D eigenvalue weighted by molar-refractivity contribution is 7.39. The van der Waals surface area contributed by atoms with E-state index in [9.17, 15) is 0 Å². The van der Waals surface area contributed by atoms with Crippen molar-refractivity contribution in [3.8, 4) is 0 Å². The highest BCUT2D eigenvalue weighted by Gasteiger charge is 2.13. The summed E-state index contributed by atoms with van der Waals surface area (Å²) < 4.78 is 4.78. The van der Waals surface area contributed by atoms with Crippen molar-refractivity contribution in [2.75, 3.05) is 6.61 Å². The van der Waals surface area contributed by atoms with Crippen LogP contribution in [0.2, 0.25) is 0 Å². The summed E-state index contributed by atoms with van der Waals surface area (Å²) in [6.45, 7) is 0.468. The van der Waals surface area contributed by atoms with E-state index in [0.717, 1.165) is 12.8 Å². The van der Waals surface area contributed by atoms with E-state index >= 15 is 0 Å². The SMILES string of the molecule is OP(O)OCCCCCCCCCCCCCCC(c1ccccc1)c1ccccc1. The molecule has 2 aromatic carbocycles. The van der Waals surface area contributed by atoms with Crippen molar-refractivity contribution in [2.24, 2.45) is 0 Å². The second kappa shape index (κ2) is 17.3. The number of benzene rings is 2. The van der Waals surface area contributed by atoms with Gasteiger partial charge in [-0.15, -0.1) is 0 Å². The summed E-state index contributed by atoms with van der Waals surface area (Å²) in [5.41, 5.74) is 2.88. The first kappa shape index (κ1) is 26.0. The molecule has 0 aliphatic heterocycles. The zero-order valence-electron chi connectivity index (χ0n) is 19.0. The van der Waals surface area contributed by atoms with Gasteiger partial charge in [0.15, 0.2) is 0 Å². The molecule has 4 heteroatoms. The molecule has 0 unspecified atom stereocenters. The van der Waals surface area contributed by atoms with Crippen LogP contribution in [0.4, 0.5) is 0 Å². The molecule has 0 radical (unpaired) electrons. The van der Waals surface area contributed by atoms with Crippen molar-refractivity contribution in [1.82, 2.24) is 0 Å². The minimum absolute atomic E-state index is 0.468. The Labute approximate surface area is 190 Å². The average Bonchev–Trinajstić information content (AvgIpc) is 2.80. The standard InChI is InChI=1S/C27H41O3P/c28-31(29)30-24-18-10-8-6-4-2-1-3-5-7-9-17-23-27(25-19-13-11-14-20-25)26-21-15-12-16-22-26/h11-16,19-22,27-29H,1-10,17-18,23-24H2. The molecule has 0 atom stereocenters. The van der Waals surface area contributed by atoms with Crippen LogP contribution in [-0.4, -0.2) is 16.4 Å². The average molecular weight is 445 g/mol. The fourth-order valence-corrected chi connectivity index (χ4v) is 4.55. The lowest BCUT2D eigenvalue weighted by molar-refractivity contribution is 0.248. The quantitative estimate of drug-likeness (QED) is 0.180. The summed E-state index contributed by atoms with van der Waals surface area (Å²) in [5.74, 6) is 0.517. The third kappa shape index (κ3) is 12.4. The van der Waals surface area contributed by atoms with E-state index in [0.29, 0.717) is 12.5 Å². The number of unbranched alkanes of at least 4 members (excludes halogenated alkanes) is 11. The van der Waals surface area contributed by atoms with Crippen molar-refractivity contribution < 1.29 is 14.3 Å². The third-order valence-corrected chi connectivity index (χ3v) is 6.41. The lowest BCUT2D eigenvalue weighted by Gasteiger charge is -2.18. The Morgan fingerprint density at radius 3 is 1.35 bits per heavy atom. The van der Waals surface area contributed by atoms with Gasteiger partial charge in [0.1, 0.15) is 0 Å². The normalized spacial score (nSPS) is 11.5. The maximum Gasteiger partial charge on any atom is 0.327 e. The molecule has 0 bridgehead atoms. The largest absolute Gasteiger partial charge is 0.328 e. The molecule has 2 aromatic rings. The molecule has 0 amide bonds. The van der Waals surface area contributed by atoms with Crippen LogP contribution >= 0.6 is 8.60 Å². The second-order valence-electron chi connectivity index (χ2n) is 8.49. The first-order valence-electron chi connectivity index (χ1n) is 12.2. The zero-order valence-corrected chi connectivity index (χ0v) is 19.9. The van der Waals surface area contributed by atoms with Crippen molar-refractivity contribution in [3.63, 3.8) is 0 Å².